The summed E-state index contributed by atoms with van der Waals surface area (Å²) in [5.41, 5.74) is 9.10. The highest BCUT2D eigenvalue weighted by Crippen LogP contribution is 2.41. The average molecular weight is 311 g/mol. The van der Waals surface area contributed by atoms with Crippen molar-refractivity contribution in [3.63, 3.8) is 0 Å². The minimum Gasteiger partial charge on any atom is -0.497 e. The molecule has 0 heterocycles. The first kappa shape index (κ1) is 14.5. The zero-order valence-electron chi connectivity index (χ0n) is 13.8. The Morgan fingerprint density at radius 3 is 2.42 bits per heavy atom. The molecule has 116 valence electrons. The largest absolute Gasteiger partial charge is 0.497 e. The molecule has 0 unspecified atom stereocenters. The van der Waals surface area contributed by atoms with E-state index in [1.165, 1.54) is 22.3 Å². The molecular formula is C22H17NO. The van der Waals surface area contributed by atoms with Crippen LogP contribution in [0.15, 0.2) is 54.6 Å². The predicted octanol–water partition coefficient (Wildman–Crippen LogP) is 5.11. The van der Waals surface area contributed by atoms with Crippen LogP contribution in [0.2, 0.25) is 0 Å². The molecule has 0 saturated carbocycles. The Labute approximate surface area is 142 Å². The molecule has 0 saturated heterocycles. The quantitative estimate of drug-likeness (QED) is 0.515. The number of aryl methyl sites for hydroxylation is 1. The monoisotopic (exact) mass is 311 g/mol. The second-order valence-electron chi connectivity index (χ2n) is 6.23. The fourth-order valence-corrected chi connectivity index (χ4v) is 3.47. The van der Waals surface area contributed by atoms with E-state index < -0.39 is 0 Å². The van der Waals surface area contributed by atoms with Crippen LogP contribution in [0.1, 0.15) is 22.3 Å². The maximum absolute atomic E-state index is 9.62. The first-order valence-corrected chi connectivity index (χ1v) is 8.01. The summed E-state index contributed by atoms with van der Waals surface area (Å²) in [4.78, 5) is 0. The molecule has 0 atom stereocenters. The molecule has 0 aromatic heterocycles. The van der Waals surface area contributed by atoms with Gasteiger partial charge in [0.25, 0.3) is 0 Å². The van der Waals surface area contributed by atoms with E-state index >= 15 is 0 Å². The van der Waals surface area contributed by atoms with Gasteiger partial charge in [-0.05, 0) is 71.0 Å². The summed E-state index contributed by atoms with van der Waals surface area (Å²) in [5, 5.41) is 9.62. The zero-order valence-corrected chi connectivity index (χ0v) is 13.8. The van der Waals surface area contributed by atoms with Crippen LogP contribution in [0.4, 0.5) is 0 Å². The predicted molar refractivity (Wildman–Crippen MR) is 96.1 cm³/mol. The van der Waals surface area contributed by atoms with Crippen LogP contribution in [-0.4, -0.2) is 7.11 Å². The molecular weight excluding hydrogens is 294 g/mol. The van der Waals surface area contributed by atoms with E-state index in [1.54, 1.807) is 7.11 Å². The number of nitriles is 1. The number of methoxy groups -OCH3 is 1. The molecule has 0 radical (unpaired) electrons. The minimum atomic E-state index is 0.771. The van der Waals surface area contributed by atoms with E-state index in [-0.39, 0.29) is 0 Å². The van der Waals surface area contributed by atoms with E-state index in [0.29, 0.717) is 0 Å². The first-order chi connectivity index (χ1) is 11.7. The maximum Gasteiger partial charge on any atom is 0.118 e. The van der Waals surface area contributed by atoms with Gasteiger partial charge in [0, 0.05) is 0 Å². The van der Waals surface area contributed by atoms with E-state index in [0.717, 1.165) is 34.4 Å². The highest BCUT2D eigenvalue weighted by molar-refractivity contribution is 5.84. The van der Waals surface area contributed by atoms with Gasteiger partial charge in [-0.15, -0.1) is 0 Å². The van der Waals surface area contributed by atoms with Crippen molar-refractivity contribution in [3.05, 3.63) is 76.9 Å². The van der Waals surface area contributed by atoms with Crippen LogP contribution in [0.25, 0.3) is 22.3 Å². The van der Waals surface area contributed by atoms with Crippen molar-refractivity contribution >= 4 is 0 Å². The molecule has 0 aliphatic heterocycles. The molecule has 3 aromatic carbocycles. The average Bonchev–Trinajstić information content (AvgIpc) is 2.98. The lowest BCUT2D eigenvalue weighted by atomic mass is 9.95. The standard InChI is InChI=1S/C22H17NO/c1-14-3-8-20-17(9-14)12-21-18(13-23)10-16(11-22(20)21)15-4-6-19(24-2)7-5-15/h3-11H,12H2,1-2H3. The molecule has 0 bridgehead atoms. The lowest BCUT2D eigenvalue weighted by molar-refractivity contribution is 0.415. The Morgan fingerprint density at radius 2 is 1.71 bits per heavy atom. The molecule has 0 N–H and O–H groups in total. The maximum atomic E-state index is 9.62. The summed E-state index contributed by atoms with van der Waals surface area (Å²) in [5.74, 6) is 0.834. The third-order valence-corrected chi connectivity index (χ3v) is 4.71. The van der Waals surface area contributed by atoms with Crippen molar-refractivity contribution in [1.29, 1.82) is 5.26 Å². The second kappa shape index (κ2) is 5.54. The van der Waals surface area contributed by atoms with E-state index in [1.807, 2.05) is 30.3 Å². The highest BCUT2D eigenvalue weighted by Gasteiger charge is 2.22. The lowest BCUT2D eigenvalue weighted by Crippen LogP contribution is -1.90. The molecule has 1 aliphatic rings. The van der Waals surface area contributed by atoms with Crippen molar-refractivity contribution in [2.45, 2.75) is 13.3 Å². The second-order valence-corrected chi connectivity index (χ2v) is 6.23. The number of benzene rings is 3. The Morgan fingerprint density at radius 1 is 0.917 bits per heavy atom. The van der Waals surface area contributed by atoms with E-state index in [2.05, 4.69) is 37.3 Å². The Balaban J connectivity index is 1.89. The number of ether oxygens (including phenoxy) is 1. The lowest BCUT2D eigenvalue weighted by Gasteiger charge is -2.09. The van der Waals surface area contributed by atoms with Gasteiger partial charge in [0.2, 0.25) is 0 Å². The zero-order chi connectivity index (χ0) is 16.7. The smallest absolute Gasteiger partial charge is 0.118 e. The molecule has 2 nitrogen and oxygen atoms in total. The summed E-state index contributed by atoms with van der Waals surface area (Å²) in [7, 11) is 1.66. The highest BCUT2D eigenvalue weighted by atomic mass is 16.5. The number of fused-ring (bicyclic) bond motifs is 3. The van der Waals surface area contributed by atoms with Gasteiger partial charge in [0.05, 0.1) is 18.7 Å². The van der Waals surface area contributed by atoms with Gasteiger partial charge in [-0.1, -0.05) is 35.9 Å². The van der Waals surface area contributed by atoms with Crippen molar-refractivity contribution < 1.29 is 4.74 Å². The number of nitrogens with zero attached hydrogens (tertiary/aromatic N) is 1. The van der Waals surface area contributed by atoms with Gasteiger partial charge in [-0.3, -0.25) is 0 Å². The van der Waals surface area contributed by atoms with Gasteiger partial charge in [0.1, 0.15) is 5.75 Å². The molecule has 1 aliphatic carbocycles. The molecule has 0 fully saturated rings. The van der Waals surface area contributed by atoms with Crippen molar-refractivity contribution in [3.8, 4) is 34.1 Å². The van der Waals surface area contributed by atoms with Crippen LogP contribution in [0, 0.1) is 18.3 Å². The van der Waals surface area contributed by atoms with Gasteiger partial charge in [-0.25, -0.2) is 0 Å². The van der Waals surface area contributed by atoms with Gasteiger partial charge in [-0.2, -0.15) is 5.26 Å². The third-order valence-electron chi connectivity index (χ3n) is 4.71. The summed E-state index contributed by atoms with van der Waals surface area (Å²) in [6.07, 6.45) is 0.845. The van der Waals surface area contributed by atoms with Crippen LogP contribution in [0.3, 0.4) is 0 Å². The summed E-state index contributed by atoms with van der Waals surface area (Å²) < 4.78 is 5.23. The summed E-state index contributed by atoms with van der Waals surface area (Å²) in [6.45, 7) is 2.11. The van der Waals surface area contributed by atoms with Crippen LogP contribution in [0.5, 0.6) is 5.75 Å². The van der Waals surface area contributed by atoms with E-state index in [4.69, 9.17) is 4.74 Å². The molecule has 4 rings (SSSR count). The molecule has 3 aromatic rings. The normalized spacial score (nSPS) is 11.5. The first-order valence-electron chi connectivity index (χ1n) is 8.01. The fraction of sp³-hybridized carbons (Fsp3) is 0.136. The van der Waals surface area contributed by atoms with Gasteiger partial charge >= 0.3 is 0 Å². The van der Waals surface area contributed by atoms with Crippen LogP contribution in [-0.2, 0) is 6.42 Å². The van der Waals surface area contributed by atoms with Gasteiger partial charge < -0.3 is 4.74 Å². The third kappa shape index (κ3) is 2.26. The Bertz CT molecular complexity index is 978. The molecule has 24 heavy (non-hydrogen) atoms. The molecule has 0 amide bonds. The SMILES string of the molecule is COc1ccc(-c2cc(C#N)c3c(c2)-c2ccc(C)cc2C3)cc1. The summed E-state index contributed by atoms with van der Waals surface area (Å²) >= 11 is 0. The number of hydrogen-bond donors (Lipinski definition) is 0. The van der Waals surface area contributed by atoms with Crippen LogP contribution < -0.4 is 4.74 Å². The molecule has 2 heteroatoms. The molecule has 0 spiro atoms. The minimum absolute atomic E-state index is 0.771. The van der Waals surface area contributed by atoms with Crippen molar-refractivity contribution in [2.24, 2.45) is 0 Å². The van der Waals surface area contributed by atoms with Gasteiger partial charge in [0.15, 0.2) is 0 Å². The van der Waals surface area contributed by atoms with E-state index in [9.17, 15) is 5.26 Å². The van der Waals surface area contributed by atoms with Crippen molar-refractivity contribution in [1.82, 2.24) is 0 Å². The topological polar surface area (TPSA) is 33.0 Å². The van der Waals surface area contributed by atoms with Crippen LogP contribution >= 0.6 is 0 Å². The number of hydrogen-bond acceptors (Lipinski definition) is 2. The fourth-order valence-electron chi connectivity index (χ4n) is 3.47. The Hall–Kier alpha value is -3.05. The number of rotatable bonds is 2. The summed E-state index contributed by atoms with van der Waals surface area (Å²) in [6, 6.07) is 21.1. The Kier molecular flexibility index (Phi) is 3.36. The van der Waals surface area contributed by atoms with Crippen molar-refractivity contribution in [2.75, 3.05) is 7.11 Å².